The van der Waals surface area contributed by atoms with Gasteiger partial charge in [0.2, 0.25) is 0 Å². The van der Waals surface area contributed by atoms with Gasteiger partial charge in [-0.2, -0.15) is 0 Å². The smallest absolute Gasteiger partial charge is 0.356 e. The van der Waals surface area contributed by atoms with Gasteiger partial charge in [0.1, 0.15) is 5.82 Å². The summed E-state index contributed by atoms with van der Waals surface area (Å²) in [6.07, 6.45) is 1.22. The number of halogens is 2. The van der Waals surface area contributed by atoms with Gasteiger partial charge in [0, 0.05) is 18.7 Å². The predicted octanol–water partition coefficient (Wildman–Crippen LogP) is 2.07. The summed E-state index contributed by atoms with van der Waals surface area (Å²) in [6.45, 7) is 0. The second kappa shape index (κ2) is 4.68. The molecule has 0 saturated heterocycles. The Bertz CT molecular complexity index is 653. The lowest BCUT2D eigenvalue weighted by molar-refractivity contribution is 0.0692. The van der Waals surface area contributed by atoms with E-state index in [1.807, 2.05) is 0 Å². The molecule has 0 aliphatic rings. The number of hydrogen-bond donors (Lipinski definition) is 1. The van der Waals surface area contributed by atoms with Crippen LogP contribution in [0.5, 0.6) is 5.75 Å². The highest BCUT2D eigenvalue weighted by atomic mass is 19.1. The molecule has 2 aromatic rings. The number of hydrogen-bond acceptors (Lipinski definition) is 3. The minimum Gasteiger partial charge on any atom is -0.494 e. The molecule has 5 nitrogen and oxygen atoms in total. The molecule has 2 rings (SSSR count). The quantitative estimate of drug-likeness (QED) is 0.925. The van der Waals surface area contributed by atoms with Gasteiger partial charge in [-0.25, -0.2) is 18.6 Å². The summed E-state index contributed by atoms with van der Waals surface area (Å²) in [6, 6.07) is 1.75. The molecule has 0 atom stereocenters. The van der Waals surface area contributed by atoms with Crippen LogP contribution in [0.3, 0.4) is 0 Å². The summed E-state index contributed by atoms with van der Waals surface area (Å²) in [5, 5.41) is 8.98. The van der Waals surface area contributed by atoms with Crippen molar-refractivity contribution in [3.8, 4) is 17.0 Å². The van der Waals surface area contributed by atoms with Crippen molar-refractivity contribution < 1.29 is 23.4 Å². The molecule has 100 valence electrons. The van der Waals surface area contributed by atoms with Crippen molar-refractivity contribution in [1.82, 2.24) is 9.55 Å². The van der Waals surface area contributed by atoms with Gasteiger partial charge in [-0.05, 0) is 6.07 Å². The van der Waals surface area contributed by atoms with E-state index in [0.29, 0.717) is 0 Å². The van der Waals surface area contributed by atoms with Crippen LogP contribution < -0.4 is 4.74 Å². The Kier molecular flexibility index (Phi) is 3.20. The van der Waals surface area contributed by atoms with Crippen LogP contribution in [0, 0.1) is 11.6 Å². The molecular weight excluding hydrogens is 258 g/mol. The summed E-state index contributed by atoms with van der Waals surface area (Å²) >= 11 is 0. The topological polar surface area (TPSA) is 64.3 Å². The Balaban J connectivity index is 2.69. The molecule has 0 aliphatic carbocycles. The first-order valence-electron chi connectivity index (χ1n) is 5.23. The molecule has 0 aliphatic heterocycles. The average molecular weight is 268 g/mol. The van der Waals surface area contributed by atoms with E-state index in [-0.39, 0.29) is 22.7 Å². The largest absolute Gasteiger partial charge is 0.494 e. The lowest BCUT2D eigenvalue weighted by Gasteiger charge is -2.08. The first-order valence-corrected chi connectivity index (χ1v) is 5.23. The van der Waals surface area contributed by atoms with Gasteiger partial charge < -0.3 is 14.4 Å². The standard InChI is InChI=1S/C12H10F2N2O3/c1-16-5-15-10(12(17)18)11(16)6-3-8(14)9(19-2)4-7(6)13/h3-5H,1-2H3,(H,17,18). The maximum Gasteiger partial charge on any atom is 0.356 e. The first kappa shape index (κ1) is 13.0. The van der Waals surface area contributed by atoms with Gasteiger partial charge in [-0.15, -0.1) is 0 Å². The molecule has 1 aromatic heterocycles. The van der Waals surface area contributed by atoms with Crippen LogP contribution in [-0.4, -0.2) is 27.7 Å². The van der Waals surface area contributed by atoms with Crippen molar-refractivity contribution in [2.24, 2.45) is 7.05 Å². The second-order valence-corrected chi connectivity index (χ2v) is 3.82. The summed E-state index contributed by atoms with van der Waals surface area (Å²) in [5.41, 5.74) is -0.534. The summed E-state index contributed by atoms with van der Waals surface area (Å²) in [4.78, 5) is 14.7. The van der Waals surface area contributed by atoms with Crippen LogP contribution in [0.15, 0.2) is 18.5 Å². The molecule has 19 heavy (non-hydrogen) atoms. The second-order valence-electron chi connectivity index (χ2n) is 3.82. The van der Waals surface area contributed by atoms with Crippen LogP contribution in [0.4, 0.5) is 8.78 Å². The van der Waals surface area contributed by atoms with Gasteiger partial charge in [0.05, 0.1) is 19.1 Å². The van der Waals surface area contributed by atoms with Crippen molar-refractivity contribution in [1.29, 1.82) is 0 Å². The minimum atomic E-state index is -1.31. The van der Waals surface area contributed by atoms with E-state index in [9.17, 15) is 13.6 Å². The number of ether oxygens (including phenoxy) is 1. The predicted molar refractivity (Wildman–Crippen MR) is 62.1 cm³/mol. The summed E-state index contributed by atoms with van der Waals surface area (Å²) < 4.78 is 33.5. The SMILES string of the molecule is COc1cc(F)c(-c2c(C(=O)O)ncn2C)cc1F. The molecule has 1 heterocycles. The number of carbonyl (C=O) groups is 1. The normalized spacial score (nSPS) is 10.5. The van der Waals surface area contributed by atoms with Crippen LogP contribution >= 0.6 is 0 Å². The minimum absolute atomic E-state index is 0.00782. The van der Waals surface area contributed by atoms with Gasteiger partial charge >= 0.3 is 5.97 Å². The number of nitrogens with zero attached hydrogens (tertiary/aromatic N) is 2. The third-order valence-electron chi connectivity index (χ3n) is 2.64. The highest BCUT2D eigenvalue weighted by Gasteiger charge is 2.22. The average Bonchev–Trinajstić information content (AvgIpc) is 2.73. The maximum atomic E-state index is 13.9. The number of methoxy groups -OCH3 is 1. The fraction of sp³-hybridized carbons (Fsp3) is 0.167. The molecule has 7 heteroatoms. The Morgan fingerprint density at radius 1 is 1.37 bits per heavy atom. The molecular formula is C12H10F2N2O3. The number of aromatic carboxylic acids is 1. The van der Waals surface area contributed by atoms with Crippen LogP contribution in [0.1, 0.15) is 10.5 Å². The Labute approximate surface area is 107 Å². The van der Waals surface area contributed by atoms with E-state index >= 15 is 0 Å². The lowest BCUT2D eigenvalue weighted by Crippen LogP contribution is -2.03. The zero-order chi connectivity index (χ0) is 14.2. The lowest BCUT2D eigenvalue weighted by atomic mass is 10.1. The van der Waals surface area contributed by atoms with Crippen molar-refractivity contribution in [3.63, 3.8) is 0 Å². The third-order valence-corrected chi connectivity index (χ3v) is 2.64. The molecule has 0 spiro atoms. The fourth-order valence-corrected chi connectivity index (χ4v) is 1.77. The molecule has 0 bridgehead atoms. The molecule has 0 saturated carbocycles. The van der Waals surface area contributed by atoms with Gasteiger partial charge in [-0.3, -0.25) is 0 Å². The molecule has 1 N–H and O–H groups in total. The van der Waals surface area contributed by atoms with Crippen molar-refractivity contribution >= 4 is 5.97 Å². The number of carboxylic acid groups (broad SMARTS) is 1. The number of benzene rings is 1. The Morgan fingerprint density at radius 2 is 2.05 bits per heavy atom. The molecule has 1 aromatic carbocycles. The molecule has 0 fully saturated rings. The van der Waals surface area contributed by atoms with E-state index in [1.54, 1.807) is 0 Å². The maximum absolute atomic E-state index is 13.9. The zero-order valence-electron chi connectivity index (χ0n) is 10.1. The number of imidazole rings is 1. The molecule has 0 amide bonds. The third kappa shape index (κ3) is 2.14. The van der Waals surface area contributed by atoms with E-state index in [1.165, 1.54) is 25.1 Å². The highest BCUT2D eigenvalue weighted by Crippen LogP contribution is 2.30. The molecule has 0 radical (unpaired) electrons. The Hall–Kier alpha value is -2.44. The number of aromatic nitrogens is 2. The van der Waals surface area contributed by atoms with E-state index in [2.05, 4.69) is 9.72 Å². The van der Waals surface area contributed by atoms with E-state index in [4.69, 9.17) is 5.11 Å². The van der Waals surface area contributed by atoms with Gasteiger partial charge in [0.15, 0.2) is 17.3 Å². The fourth-order valence-electron chi connectivity index (χ4n) is 1.77. The monoisotopic (exact) mass is 268 g/mol. The van der Waals surface area contributed by atoms with Gasteiger partial charge in [0.25, 0.3) is 0 Å². The zero-order valence-corrected chi connectivity index (χ0v) is 10.1. The summed E-state index contributed by atoms with van der Waals surface area (Å²) in [7, 11) is 2.71. The Morgan fingerprint density at radius 3 is 2.63 bits per heavy atom. The van der Waals surface area contributed by atoms with Crippen molar-refractivity contribution in [2.45, 2.75) is 0 Å². The summed E-state index contributed by atoms with van der Waals surface area (Å²) in [5.74, 6) is -3.13. The van der Waals surface area contributed by atoms with Crippen molar-refractivity contribution in [3.05, 3.63) is 35.8 Å². The number of rotatable bonds is 3. The van der Waals surface area contributed by atoms with Crippen LogP contribution in [0.25, 0.3) is 11.3 Å². The van der Waals surface area contributed by atoms with Crippen LogP contribution in [-0.2, 0) is 7.05 Å². The van der Waals surface area contributed by atoms with Crippen LogP contribution in [0.2, 0.25) is 0 Å². The van der Waals surface area contributed by atoms with E-state index < -0.39 is 17.6 Å². The van der Waals surface area contributed by atoms with Crippen molar-refractivity contribution in [2.75, 3.05) is 7.11 Å². The van der Waals surface area contributed by atoms with E-state index in [0.717, 1.165) is 12.1 Å². The number of aryl methyl sites for hydroxylation is 1. The highest BCUT2D eigenvalue weighted by molar-refractivity contribution is 5.93. The first-order chi connectivity index (χ1) is 8.95. The van der Waals surface area contributed by atoms with Gasteiger partial charge in [-0.1, -0.05) is 0 Å². The molecule has 0 unspecified atom stereocenters. The number of carboxylic acids is 1.